The molecule has 1 fully saturated rings. The molecule has 134 valence electrons. The van der Waals surface area contributed by atoms with Gasteiger partial charge in [0.2, 0.25) is 0 Å². The Bertz CT molecular complexity index is 761. The van der Waals surface area contributed by atoms with Crippen molar-refractivity contribution >= 4 is 6.03 Å². The van der Waals surface area contributed by atoms with Gasteiger partial charge < -0.3 is 10.6 Å². The van der Waals surface area contributed by atoms with Crippen molar-refractivity contribution in [3.05, 3.63) is 35.0 Å². The molecular weight excluding hydrogens is 320 g/mol. The Kier molecular flexibility index (Phi) is 5.47. The Morgan fingerprint density at radius 1 is 1.32 bits per heavy atom. The molecule has 0 unspecified atom stereocenters. The molecule has 0 spiro atoms. The van der Waals surface area contributed by atoms with E-state index in [2.05, 4.69) is 20.7 Å². The number of carbonyl (C=O) groups excluding carboxylic acids is 1. The highest BCUT2D eigenvalue weighted by Crippen LogP contribution is 2.17. The van der Waals surface area contributed by atoms with Crippen LogP contribution in [-0.4, -0.2) is 37.9 Å². The number of urea groups is 1. The summed E-state index contributed by atoms with van der Waals surface area (Å²) in [5.41, 5.74) is 0.567. The Labute approximate surface area is 146 Å². The molecule has 1 saturated carbocycles. The number of amides is 2. The zero-order valence-corrected chi connectivity index (χ0v) is 14.4. The Balaban J connectivity index is 1.55. The number of nitrogens with one attached hydrogen (secondary N) is 2. The SMILES string of the molecule is Cn1c(-c2cccnc2)nn(CCNC(=O)NC2CCCCC2)c1=O. The standard InChI is InChI=1S/C17H24N6O2/c1-22-15(13-6-5-9-18-12-13)21-23(17(22)25)11-10-19-16(24)20-14-7-3-2-4-8-14/h5-6,9,12,14H,2-4,7-8,10-11H2,1H3,(H2,19,20,24). The summed E-state index contributed by atoms with van der Waals surface area (Å²) < 4.78 is 2.85. The van der Waals surface area contributed by atoms with Gasteiger partial charge in [-0.25, -0.2) is 14.3 Å². The second-order valence-electron chi connectivity index (χ2n) is 6.37. The van der Waals surface area contributed by atoms with Gasteiger partial charge in [-0.3, -0.25) is 9.55 Å². The number of pyridine rings is 1. The van der Waals surface area contributed by atoms with E-state index in [-0.39, 0.29) is 17.8 Å². The summed E-state index contributed by atoms with van der Waals surface area (Å²) in [5, 5.41) is 10.1. The van der Waals surface area contributed by atoms with E-state index in [0.29, 0.717) is 18.9 Å². The lowest BCUT2D eigenvalue weighted by molar-refractivity contribution is 0.232. The molecule has 8 nitrogen and oxygen atoms in total. The zero-order valence-electron chi connectivity index (χ0n) is 14.4. The summed E-state index contributed by atoms with van der Waals surface area (Å²) in [6.45, 7) is 0.674. The molecule has 25 heavy (non-hydrogen) atoms. The van der Waals surface area contributed by atoms with Crippen LogP contribution >= 0.6 is 0 Å². The van der Waals surface area contributed by atoms with Crippen molar-refractivity contribution in [1.29, 1.82) is 0 Å². The minimum absolute atomic E-state index is 0.177. The first kappa shape index (κ1) is 17.2. The van der Waals surface area contributed by atoms with E-state index in [0.717, 1.165) is 18.4 Å². The Hall–Kier alpha value is -2.64. The summed E-state index contributed by atoms with van der Waals surface area (Å²) in [5.74, 6) is 0.560. The van der Waals surface area contributed by atoms with Crippen molar-refractivity contribution < 1.29 is 4.79 Å². The monoisotopic (exact) mass is 344 g/mol. The first-order chi connectivity index (χ1) is 12.1. The number of nitrogens with zero attached hydrogens (tertiary/aromatic N) is 4. The molecule has 0 aromatic carbocycles. The molecule has 0 aliphatic heterocycles. The van der Waals surface area contributed by atoms with E-state index in [1.807, 2.05) is 6.07 Å². The van der Waals surface area contributed by atoms with Crippen LogP contribution in [0.25, 0.3) is 11.4 Å². The third kappa shape index (κ3) is 4.26. The number of carbonyl (C=O) groups is 1. The van der Waals surface area contributed by atoms with Gasteiger partial charge in [-0.05, 0) is 25.0 Å². The molecule has 1 aliphatic carbocycles. The highest BCUT2D eigenvalue weighted by molar-refractivity contribution is 5.74. The molecule has 2 aromatic rings. The fourth-order valence-corrected chi connectivity index (χ4v) is 3.14. The Morgan fingerprint density at radius 2 is 2.12 bits per heavy atom. The maximum Gasteiger partial charge on any atom is 0.345 e. The van der Waals surface area contributed by atoms with Crippen LogP contribution in [-0.2, 0) is 13.6 Å². The number of rotatable bonds is 5. The third-order valence-corrected chi connectivity index (χ3v) is 4.51. The first-order valence-corrected chi connectivity index (χ1v) is 8.74. The van der Waals surface area contributed by atoms with Crippen molar-refractivity contribution in [3.8, 4) is 11.4 Å². The van der Waals surface area contributed by atoms with Crippen molar-refractivity contribution in [1.82, 2.24) is 30.0 Å². The fourth-order valence-electron chi connectivity index (χ4n) is 3.14. The smallest absolute Gasteiger partial charge is 0.336 e. The summed E-state index contributed by atoms with van der Waals surface area (Å²) in [6.07, 6.45) is 9.02. The zero-order chi connectivity index (χ0) is 17.6. The quantitative estimate of drug-likeness (QED) is 0.854. The highest BCUT2D eigenvalue weighted by Gasteiger charge is 2.16. The van der Waals surface area contributed by atoms with E-state index >= 15 is 0 Å². The molecule has 0 radical (unpaired) electrons. The third-order valence-electron chi connectivity index (χ3n) is 4.51. The second-order valence-corrected chi connectivity index (χ2v) is 6.37. The van der Waals surface area contributed by atoms with Crippen LogP contribution in [0.2, 0.25) is 0 Å². The number of hydrogen-bond donors (Lipinski definition) is 2. The number of hydrogen-bond acceptors (Lipinski definition) is 4. The van der Waals surface area contributed by atoms with Crippen LogP contribution in [0.5, 0.6) is 0 Å². The molecule has 2 aromatic heterocycles. The van der Waals surface area contributed by atoms with Gasteiger partial charge in [0, 0.05) is 37.6 Å². The molecule has 0 saturated heterocycles. The number of aromatic nitrogens is 4. The van der Waals surface area contributed by atoms with Gasteiger partial charge in [-0.1, -0.05) is 19.3 Å². The van der Waals surface area contributed by atoms with Crippen molar-refractivity contribution in [2.75, 3.05) is 6.54 Å². The highest BCUT2D eigenvalue weighted by atomic mass is 16.2. The topological polar surface area (TPSA) is 93.8 Å². The van der Waals surface area contributed by atoms with Crippen molar-refractivity contribution in [2.24, 2.45) is 7.05 Å². The second kappa shape index (κ2) is 7.96. The first-order valence-electron chi connectivity index (χ1n) is 8.74. The average Bonchev–Trinajstić information content (AvgIpc) is 2.92. The molecule has 2 heterocycles. The van der Waals surface area contributed by atoms with Crippen LogP contribution in [0.3, 0.4) is 0 Å². The van der Waals surface area contributed by atoms with E-state index < -0.39 is 0 Å². The van der Waals surface area contributed by atoms with Gasteiger partial charge in [-0.15, -0.1) is 5.10 Å². The average molecular weight is 344 g/mol. The maximum atomic E-state index is 12.3. The van der Waals surface area contributed by atoms with Gasteiger partial charge in [-0.2, -0.15) is 0 Å². The van der Waals surface area contributed by atoms with Crippen LogP contribution in [0, 0.1) is 0 Å². The molecule has 2 amide bonds. The molecule has 3 rings (SSSR count). The summed E-state index contributed by atoms with van der Waals surface area (Å²) in [7, 11) is 1.68. The van der Waals surface area contributed by atoms with Gasteiger partial charge in [0.15, 0.2) is 5.82 Å². The largest absolute Gasteiger partial charge is 0.345 e. The van der Waals surface area contributed by atoms with Crippen LogP contribution < -0.4 is 16.3 Å². The summed E-state index contributed by atoms with van der Waals surface area (Å²) in [4.78, 5) is 28.3. The van der Waals surface area contributed by atoms with Gasteiger partial charge >= 0.3 is 11.7 Å². The van der Waals surface area contributed by atoms with Gasteiger partial charge in [0.25, 0.3) is 0 Å². The minimum atomic E-state index is -0.214. The lowest BCUT2D eigenvalue weighted by Crippen LogP contribution is -2.44. The van der Waals surface area contributed by atoms with E-state index in [4.69, 9.17) is 0 Å². The summed E-state index contributed by atoms with van der Waals surface area (Å²) >= 11 is 0. The maximum absolute atomic E-state index is 12.3. The predicted octanol–water partition coefficient (Wildman–Crippen LogP) is 1.28. The van der Waals surface area contributed by atoms with Crippen LogP contribution in [0.4, 0.5) is 4.79 Å². The van der Waals surface area contributed by atoms with Gasteiger partial charge in [0.1, 0.15) is 0 Å². The lowest BCUT2D eigenvalue weighted by Gasteiger charge is -2.22. The van der Waals surface area contributed by atoms with Crippen molar-refractivity contribution in [2.45, 2.75) is 44.7 Å². The fraction of sp³-hybridized carbons (Fsp3) is 0.529. The summed E-state index contributed by atoms with van der Waals surface area (Å²) in [6, 6.07) is 3.75. The minimum Gasteiger partial charge on any atom is -0.336 e. The van der Waals surface area contributed by atoms with Crippen LogP contribution in [0.1, 0.15) is 32.1 Å². The van der Waals surface area contributed by atoms with E-state index in [1.54, 1.807) is 25.5 Å². The molecule has 0 atom stereocenters. The lowest BCUT2D eigenvalue weighted by atomic mass is 9.96. The normalized spacial score (nSPS) is 15.1. The van der Waals surface area contributed by atoms with Crippen LogP contribution in [0.15, 0.2) is 29.3 Å². The Morgan fingerprint density at radius 3 is 2.84 bits per heavy atom. The van der Waals surface area contributed by atoms with Crippen molar-refractivity contribution in [3.63, 3.8) is 0 Å². The molecular formula is C17H24N6O2. The van der Waals surface area contributed by atoms with E-state index in [1.165, 1.54) is 28.5 Å². The molecule has 0 bridgehead atoms. The molecule has 8 heteroatoms. The van der Waals surface area contributed by atoms with E-state index in [9.17, 15) is 9.59 Å². The van der Waals surface area contributed by atoms with Gasteiger partial charge in [0.05, 0.1) is 6.54 Å². The molecule has 2 N–H and O–H groups in total. The predicted molar refractivity (Wildman–Crippen MR) is 94.1 cm³/mol. The molecule has 1 aliphatic rings.